The van der Waals surface area contributed by atoms with Crippen molar-refractivity contribution in [1.82, 2.24) is 15.5 Å². The highest BCUT2D eigenvalue weighted by Crippen LogP contribution is 2.26. The normalized spacial score (nSPS) is 12.5. The van der Waals surface area contributed by atoms with Gasteiger partial charge in [0.1, 0.15) is 5.82 Å². The molecule has 1 unspecified atom stereocenters. The van der Waals surface area contributed by atoms with Crippen LogP contribution in [-0.4, -0.2) is 10.2 Å². The summed E-state index contributed by atoms with van der Waals surface area (Å²) in [5.41, 5.74) is 3.26. The summed E-state index contributed by atoms with van der Waals surface area (Å²) in [5.74, 6) is -0.208. The van der Waals surface area contributed by atoms with E-state index in [4.69, 9.17) is 0 Å². The van der Waals surface area contributed by atoms with Crippen molar-refractivity contribution in [3.05, 3.63) is 64.9 Å². The Kier molecular flexibility index (Phi) is 4.13. The summed E-state index contributed by atoms with van der Waals surface area (Å²) in [5, 5.41) is 12.7. The molecule has 2 heterocycles. The molecule has 3 aromatic rings. The Morgan fingerprint density at radius 1 is 1.29 bits per heavy atom. The molecule has 1 aromatic carbocycles. The maximum absolute atomic E-state index is 12.9. The third kappa shape index (κ3) is 3.20. The Balaban J connectivity index is 1.68. The lowest BCUT2D eigenvalue weighted by molar-refractivity contribution is 0.571. The number of hydrogen-bond acceptors (Lipinski definition) is 3. The van der Waals surface area contributed by atoms with Crippen molar-refractivity contribution in [3.8, 4) is 10.6 Å². The second-order valence-electron chi connectivity index (χ2n) is 4.90. The number of nitrogens with zero attached hydrogens (tertiary/aromatic N) is 1. The van der Waals surface area contributed by atoms with Gasteiger partial charge in [-0.2, -0.15) is 5.10 Å². The molecule has 2 N–H and O–H groups in total. The minimum absolute atomic E-state index is 0.150. The average molecular weight is 301 g/mol. The van der Waals surface area contributed by atoms with Crippen molar-refractivity contribution in [2.75, 3.05) is 0 Å². The zero-order chi connectivity index (χ0) is 14.7. The van der Waals surface area contributed by atoms with Crippen LogP contribution in [0.15, 0.2) is 48.0 Å². The van der Waals surface area contributed by atoms with Gasteiger partial charge in [0.25, 0.3) is 0 Å². The smallest absolute Gasteiger partial charge is 0.123 e. The zero-order valence-electron chi connectivity index (χ0n) is 11.6. The summed E-state index contributed by atoms with van der Waals surface area (Å²) in [7, 11) is 0. The molecule has 0 fully saturated rings. The predicted octanol–water partition coefficient (Wildman–Crippen LogP) is 4.13. The number of aromatic amines is 1. The van der Waals surface area contributed by atoms with Crippen molar-refractivity contribution in [2.45, 2.75) is 19.5 Å². The molecular formula is C16H16FN3S. The molecule has 0 saturated carbocycles. The number of aromatic nitrogens is 2. The Morgan fingerprint density at radius 2 is 2.10 bits per heavy atom. The molecule has 0 spiro atoms. The molecule has 5 heteroatoms. The lowest BCUT2D eigenvalue weighted by atomic mass is 10.1. The van der Waals surface area contributed by atoms with Crippen molar-refractivity contribution in [2.24, 2.45) is 0 Å². The van der Waals surface area contributed by atoms with E-state index in [1.54, 1.807) is 11.3 Å². The molecule has 0 aliphatic rings. The molecule has 0 aliphatic heterocycles. The molecule has 21 heavy (non-hydrogen) atoms. The van der Waals surface area contributed by atoms with Gasteiger partial charge < -0.3 is 5.32 Å². The van der Waals surface area contributed by atoms with Gasteiger partial charge in [-0.3, -0.25) is 5.10 Å². The van der Waals surface area contributed by atoms with Crippen molar-refractivity contribution in [1.29, 1.82) is 0 Å². The van der Waals surface area contributed by atoms with Crippen LogP contribution in [0, 0.1) is 5.82 Å². The fraction of sp³-hybridized carbons (Fsp3) is 0.188. The van der Waals surface area contributed by atoms with E-state index in [1.807, 2.05) is 24.4 Å². The van der Waals surface area contributed by atoms with Crippen LogP contribution in [0.4, 0.5) is 4.39 Å². The first-order chi connectivity index (χ1) is 10.2. The second-order valence-corrected chi connectivity index (χ2v) is 5.85. The minimum Gasteiger partial charge on any atom is -0.306 e. The molecular weight excluding hydrogens is 285 g/mol. The van der Waals surface area contributed by atoms with Crippen molar-refractivity contribution < 1.29 is 4.39 Å². The molecule has 3 rings (SSSR count). The van der Waals surface area contributed by atoms with Gasteiger partial charge in [0.15, 0.2) is 0 Å². The minimum atomic E-state index is -0.208. The number of hydrogen-bond donors (Lipinski definition) is 2. The lowest BCUT2D eigenvalue weighted by Gasteiger charge is -2.14. The monoisotopic (exact) mass is 301 g/mol. The average Bonchev–Trinajstić information content (AvgIpc) is 3.16. The van der Waals surface area contributed by atoms with Gasteiger partial charge in [0.05, 0.1) is 16.8 Å². The zero-order valence-corrected chi connectivity index (χ0v) is 12.5. The maximum Gasteiger partial charge on any atom is 0.123 e. The van der Waals surface area contributed by atoms with Gasteiger partial charge in [0.2, 0.25) is 0 Å². The third-order valence-corrected chi connectivity index (χ3v) is 4.34. The molecule has 0 radical (unpaired) electrons. The van der Waals surface area contributed by atoms with Crippen LogP contribution in [0.5, 0.6) is 0 Å². The summed E-state index contributed by atoms with van der Waals surface area (Å²) in [6.07, 6.45) is 1.85. The molecule has 2 aromatic heterocycles. The Bertz CT molecular complexity index is 689. The summed E-state index contributed by atoms with van der Waals surface area (Å²) >= 11 is 1.69. The number of thiophene rings is 1. The number of H-pyrrole nitrogens is 1. The van der Waals surface area contributed by atoms with Gasteiger partial charge in [-0.25, -0.2) is 4.39 Å². The van der Waals surface area contributed by atoms with Crippen LogP contribution in [0.3, 0.4) is 0 Å². The standard InChI is InChI=1S/C16H16FN3S/c1-11(12-4-6-14(17)7-5-12)18-9-13-10-19-20-16(13)15-3-2-8-21-15/h2-8,10-11,18H,9H2,1H3,(H,19,20). The number of halogens is 1. The Morgan fingerprint density at radius 3 is 2.81 bits per heavy atom. The van der Waals surface area contributed by atoms with Crippen molar-refractivity contribution in [3.63, 3.8) is 0 Å². The molecule has 108 valence electrons. The maximum atomic E-state index is 12.9. The van der Waals surface area contributed by atoms with Gasteiger partial charge in [0, 0.05) is 18.2 Å². The van der Waals surface area contributed by atoms with E-state index in [0.717, 1.165) is 16.8 Å². The van der Waals surface area contributed by atoms with Crippen LogP contribution in [0.25, 0.3) is 10.6 Å². The lowest BCUT2D eigenvalue weighted by Crippen LogP contribution is -2.18. The van der Waals surface area contributed by atoms with Gasteiger partial charge >= 0.3 is 0 Å². The molecule has 0 amide bonds. The van der Waals surface area contributed by atoms with E-state index < -0.39 is 0 Å². The quantitative estimate of drug-likeness (QED) is 0.744. The number of rotatable bonds is 5. The Hall–Kier alpha value is -1.98. The second kappa shape index (κ2) is 6.20. The number of benzene rings is 1. The third-order valence-electron chi connectivity index (χ3n) is 3.45. The largest absolute Gasteiger partial charge is 0.306 e. The summed E-state index contributed by atoms with van der Waals surface area (Å²) in [6, 6.07) is 10.8. The van der Waals surface area contributed by atoms with E-state index >= 15 is 0 Å². The number of nitrogens with one attached hydrogen (secondary N) is 2. The summed E-state index contributed by atoms with van der Waals surface area (Å²) < 4.78 is 12.9. The highest BCUT2D eigenvalue weighted by atomic mass is 32.1. The van der Waals surface area contributed by atoms with Crippen molar-refractivity contribution >= 4 is 11.3 Å². The van der Waals surface area contributed by atoms with E-state index in [1.165, 1.54) is 17.0 Å². The molecule has 1 atom stereocenters. The molecule has 3 nitrogen and oxygen atoms in total. The van der Waals surface area contributed by atoms with Crippen LogP contribution >= 0.6 is 11.3 Å². The molecule has 0 saturated heterocycles. The highest BCUT2D eigenvalue weighted by Gasteiger charge is 2.10. The van der Waals surface area contributed by atoms with Crippen LogP contribution < -0.4 is 5.32 Å². The first-order valence-electron chi connectivity index (χ1n) is 6.79. The first kappa shape index (κ1) is 14.0. The van der Waals surface area contributed by atoms with Gasteiger partial charge in [-0.05, 0) is 36.1 Å². The SMILES string of the molecule is CC(NCc1cn[nH]c1-c1cccs1)c1ccc(F)cc1. The molecule has 0 aliphatic carbocycles. The van der Waals surface area contributed by atoms with E-state index in [-0.39, 0.29) is 11.9 Å². The predicted molar refractivity (Wildman–Crippen MR) is 83.6 cm³/mol. The van der Waals surface area contributed by atoms with Gasteiger partial charge in [-0.1, -0.05) is 18.2 Å². The summed E-state index contributed by atoms with van der Waals surface area (Å²) in [4.78, 5) is 1.18. The fourth-order valence-electron chi connectivity index (χ4n) is 2.21. The van der Waals surface area contributed by atoms with Crippen LogP contribution in [0.2, 0.25) is 0 Å². The molecule has 0 bridgehead atoms. The van der Waals surface area contributed by atoms with E-state index in [2.05, 4.69) is 33.9 Å². The first-order valence-corrected chi connectivity index (χ1v) is 7.67. The van der Waals surface area contributed by atoms with Gasteiger partial charge in [-0.15, -0.1) is 11.3 Å². The van der Waals surface area contributed by atoms with Crippen LogP contribution in [-0.2, 0) is 6.54 Å². The fourth-order valence-corrected chi connectivity index (χ4v) is 2.97. The summed E-state index contributed by atoms with van der Waals surface area (Å²) in [6.45, 7) is 2.78. The van der Waals surface area contributed by atoms with Crippen LogP contribution in [0.1, 0.15) is 24.1 Å². The Labute approximate surface area is 126 Å². The van der Waals surface area contributed by atoms with E-state index in [9.17, 15) is 4.39 Å². The van der Waals surface area contributed by atoms with E-state index in [0.29, 0.717) is 6.54 Å². The topological polar surface area (TPSA) is 40.7 Å². The highest BCUT2D eigenvalue weighted by molar-refractivity contribution is 7.13.